The molecule has 0 saturated carbocycles. The molecule has 4 atom stereocenters. The van der Waals surface area contributed by atoms with Crippen LogP contribution in [0.1, 0.15) is 24.0 Å². The van der Waals surface area contributed by atoms with Crippen molar-refractivity contribution in [1.82, 2.24) is 16.0 Å². The molecule has 0 aliphatic carbocycles. The highest BCUT2D eigenvalue weighted by molar-refractivity contribution is 5.94. The number of phenols is 1. The minimum absolute atomic E-state index is 0.0432. The highest BCUT2D eigenvalue weighted by atomic mass is 16.4. The molecule has 13 heteroatoms. The van der Waals surface area contributed by atoms with E-state index in [0.29, 0.717) is 5.56 Å². The number of aliphatic hydroxyl groups is 1. The van der Waals surface area contributed by atoms with Crippen LogP contribution in [-0.2, 0) is 36.8 Å². The third-order valence-electron chi connectivity index (χ3n) is 5.72. The first kappa shape index (κ1) is 30.7. The number of aromatic hydroxyl groups is 1. The zero-order chi connectivity index (χ0) is 28.9. The van der Waals surface area contributed by atoms with E-state index in [1.807, 2.05) is 0 Å². The van der Waals surface area contributed by atoms with Crippen molar-refractivity contribution in [2.75, 3.05) is 6.61 Å². The molecule has 2 aromatic rings. The number of phenolic OH excluding ortho intramolecular Hbond substituents is 1. The third kappa shape index (κ3) is 10.4. The maximum absolute atomic E-state index is 13.0. The van der Waals surface area contributed by atoms with Crippen LogP contribution >= 0.6 is 0 Å². The van der Waals surface area contributed by atoms with E-state index in [9.17, 15) is 39.3 Å². The second-order valence-electron chi connectivity index (χ2n) is 8.80. The molecule has 0 aromatic heterocycles. The molecule has 0 radical (unpaired) electrons. The van der Waals surface area contributed by atoms with E-state index in [1.165, 1.54) is 24.3 Å². The summed E-state index contributed by atoms with van der Waals surface area (Å²) >= 11 is 0. The minimum Gasteiger partial charge on any atom is -0.508 e. The van der Waals surface area contributed by atoms with Gasteiger partial charge in [-0.25, -0.2) is 4.79 Å². The van der Waals surface area contributed by atoms with Crippen molar-refractivity contribution in [1.29, 1.82) is 0 Å². The van der Waals surface area contributed by atoms with Gasteiger partial charge in [0.05, 0.1) is 12.6 Å². The maximum Gasteiger partial charge on any atom is 0.326 e. The fraction of sp³-hybridized carbons (Fsp3) is 0.346. The molecule has 2 aromatic carbocycles. The van der Waals surface area contributed by atoms with Crippen LogP contribution in [0.4, 0.5) is 0 Å². The number of aliphatic carboxylic acids is 2. The fourth-order valence-corrected chi connectivity index (χ4v) is 3.58. The van der Waals surface area contributed by atoms with Crippen LogP contribution in [0.5, 0.6) is 5.75 Å². The quantitative estimate of drug-likeness (QED) is 0.135. The lowest BCUT2D eigenvalue weighted by molar-refractivity contribution is -0.143. The number of hydrogen-bond acceptors (Lipinski definition) is 8. The Labute approximate surface area is 224 Å². The van der Waals surface area contributed by atoms with Crippen LogP contribution in [0, 0.1) is 0 Å². The van der Waals surface area contributed by atoms with Crippen molar-refractivity contribution in [3.8, 4) is 5.75 Å². The zero-order valence-electron chi connectivity index (χ0n) is 20.9. The Balaban J connectivity index is 2.14. The van der Waals surface area contributed by atoms with E-state index in [0.717, 1.165) is 5.56 Å². The summed E-state index contributed by atoms with van der Waals surface area (Å²) in [6.45, 7) is -0.820. The van der Waals surface area contributed by atoms with Gasteiger partial charge in [-0.2, -0.15) is 0 Å². The van der Waals surface area contributed by atoms with E-state index in [2.05, 4.69) is 16.0 Å². The number of carbonyl (C=O) groups is 5. The van der Waals surface area contributed by atoms with Crippen molar-refractivity contribution in [3.05, 3.63) is 65.7 Å². The number of benzene rings is 2. The minimum atomic E-state index is -1.54. The average Bonchev–Trinajstić information content (AvgIpc) is 2.90. The third-order valence-corrected chi connectivity index (χ3v) is 5.72. The van der Waals surface area contributed by atoms with E-state index in [1.54, 1.807) is 30.3 Å². The summed E-state index contributed by atoms with van der Waals surface area (Å²) in [5.41, 5.74) is 7.21. The average molecular weight is 545 g/mol. The summed E-state index contributed by atoms with van der Waals surface area (Å²) in [6, 6.07) is 9.14. The number of carboxylic acid groups (broad SMARTS) is 2. The Bertz CT molecular complexity index is 1140. The highest BCUT2D eigenvalue weighted by Crippen LogP contribution is 2.12. The largest absolute Gasteiger partial charge is 0.508 e. The maximum atomic E-state index is 13.0. The van der Waals surface area contributed by atoms with Gasteiger partial charge in [0.25, 0.3) is 0 Å². The molecule has 39 heavy (non-hydrogen) atoms. The molecule has 0 saturated heterocycles. The van der Waals surface area contributed by atoms with Gasteiger partial charge in [0.2, 0.25) is 17.7 Å². The normalized spacial score (nSPS) is 13.8. The van der Waals surface area contributed by atoms with E-state index < -0.39 is 73.3 Å². The van der Waals surface area contributed by atoms with Crippen molar-refractivity contribution < 1.29 is 44.4 Å². The van der Waals surface area contributed by atoms with Gasteiger partial charge in [-0.3, -0.25) is 19.2 Å². The molecule has 0 heterocycles. The first-order chi connectivity index (χ1) is 18.5. The van der Waals surface area contributed by atoms with E-state index in [4.69, 9.17) is 10.8 Å². The molecule has 0 aliphatic rings. The molecule has 2 rings (SSSR count). The van der Waals surface area contributed by atoms with E-state index >= 15 is 0 Å². The van der Waals surface area contributed by atoms with Crippen LogP contribution in [0.3, 0.4) is 0 Å². The second-order valence-corrected chi connectivity index (χ2v) is 8.80. The lowest BCUT2D eigenvalue weighted by Crippen LogP contribution is -2.58. The van der Waals surface area contributed by atoms with Gasteiger partial charge in [0, 0.05) is 12.8 Å². The van der Waals surface area contributed by atoms with Crippen LogP contribution in [0.2, 0.25) is 0 Å². The van der Waals surface area contributed by atoms with Gasteiger partial charge in [-0.1, -0.05) is 42.5 Å². The standard InChI is InChI=1S/C26H32N4O9/c27-18(12-15-4-2-1-3-5-15)23(35)30-21(14-31)25(37)29-20(13-16-6-8-17(32)9-7-16)24(36)28-19(26(38)39)10-11-22(33)34/h1-9,18-21,31-32H,10-14,27H2,(H,28,36)(H,29,37)(H,30,35)(H,33,34)(H,38,39). The summed E-state index contributed by atoms with van der Waals surface area (Å²) in [6.07, 6.45) is -0.896. The molecule has 0 aliphatic heterocycles. The first-order valence-corrected chi connectivity index (χ1v) is 12.0. The van der Waals surface area contributed by atoms with Crippen molar-refractivity contribution >= 4 is 29.7 Å². The van der Waals surface area contributed by atoms with Gasteiger partial charge in [-0.05, 0) is 36.1 Å². The number of carboxylic acids is 2. The van der Waals surface area contributed by atoms with E-state index in [-0.39, 0.29) is 18.6 Å². The van der Waals surface area contributed by atoms with Gasteiger partial charge >= 0.3 is 11.9 Å². The summed E-state index contributed by atoms with van der Waals surface area (Å²) < 4.78 is 0. The van der Waals surface area contributed by atoms with Gasteiger partial charge < -0.3 is 42.1 Å². The molecule has 0 spiro atoms. The topological polar surface area (TPSA) is 228 Å². The van der Waals surface area contributed by atoms with Crippen LogP contribution in [0.15, 0.2) is 54.6 Å². The summed E-state index contributed by atoms with van der Waals surface area (Å²) in [4.78, 5) is 60.9. The molecular weight excluding hydrogens is 512 g/mol. The molecule has 210 valence electrons. The highest BCUT2D eigenvalue weighted by Gasteiger charge is 2.30. The molecule has 0 bridgehead atoms. The number of rotatable bonds is 15. The molecular formula is C26H32N4O9. The Hall–Kier alpha value is -4.49. The molecule has 13 nitrogen and oxygen atoms in total. The van der Waals surface area contributed by atoms with Crippen molar-refractivity contribution in [2.24, 2.45) is 5.73 Å². The number of aliphatic hydroxyl groups excluding tert-OH is 1. The molecule has 9 N–H and O–H groups in total. The molecule has 4 unspecified atom stereocenters. The number of carbonyl (C=O) groups excluding carboxylic acids is 3. The van der Waals surface area contributed by atoms with Crippen LogP contribution in [-0.4, -0.2) is 80.9 Å². The Morgan fingerprint density at radius 1 is 0.718 bits per heavy atom. The molecule has 0 fully saturated rings. The van der Waals surface area contributed by atoms with Crippen LogP contribution in [0.25, 0.3) is 0 Å². The summed E-state index contributed by atoms with van der Waals surface area (Å²) in [5.74, 6) is -5.35. The van der Waals surface area contributed by atoms with Crippen molar-refractivity contribution in [2.45, 2.75) is 49.9 Å². The summed E-state index contributed by atoms with van der Waals surface area (Å²) in [5, 5.41) is 44.5. The van der Waals surface area contributed by atoms with Crippen molar-refractivity contribution in [3.63, 3.8) is 0 Å². The molecule has 3 amide bonds. The monoisotopic (exact) mass is 544 g/mol. The summed E-state index contributed by atoms with van der Waals surface area (Å²) in [7, 11) is 0. The first-order valence-electron chi connectivity index (χ1n) is 12.0. The Morgan fingerprint density at radius 2 is 1.26 bits per heavy atom. The SMILES string of the molecule is NC(Cc1ccccc1)C(=O)NC(CO)C(=O)NC(Cc1ccc(O)cc1)C(=O)NC(CCC(=O)O)C(=O)O. The number of nitrogens with one attached hydrogen (secondary N) is 3. The number of hydrogen-bond donors (Lipinski definition) is 8. The predicted molar refractivity (Wildman–Crippen MR) is 137 cm³/mol. The van der Waals surface area contributed by atoms with Gasteiger partial charge in [0.1, 0.15) is 23.9 Å². The smallest absolute Gasteiger partial charge is 0.326 e. The number of nitrogens with two attached hydrogens (primary N) is 1. The number of amides is 3. The van der Waals surface area contributed by atoms with Gasteiger partial charge in [-0.15, -0.1) is 0 Å². The van der Waals surface area contributed by atoms with Crippen LogP contribution < -0.4 is 21.7 Å². The van der Waals surface area contributed by atoms with Gasteiger partial charge in [0.15, 0.2) is 0 Å². The predicted octanol–water partition coefficient (Wildman–Crippen LogP) is -1.10. The second kappa shape index (κ2) is 15.1. The fourth-order valence-electron chi connectivity index (χ4n) is 3.58. The Kier molecular flexibility index (Phi) is 11.9. The zero-order valence-corrected chi connectivity index (χ0v) is 20.9. The lowest BCUT2D eigenvalue weighted by Gasteiger charge is -2.24. The Morgan fingerprint density at radius 3 is 1.82 bits per heavy atom. The lowest BCUT2D eigenvalue weighted by atomic mass is 10.0.